The summed E-state index contributed by atoms with van der Waals surface area (Å²) in [5.41, 5.74) is 0. The highest BCUT2D eigenvalue weighted by molar-refractivity contribution is 7.80. The maximum absolute atomic E-state index is 11.7. The maximum Gasteiger partial charge on any atom is 0.189 e. The van der Waals surface area contributed by atoms with Crippen LogP contribution in [0.5, 0.6) is 0 Å². The minimum absolute atomic E-state index is 0.591. The highest BCUT2D eigenvalue weighted by Crippen LogP contribution is 2.09. The molecule has 0 saturated heterocycles. The minimum Gasteiger partial charge on any atom is -0.287 e. The molecule has 0 aliphatic carbocycles. The average molecular weight is 254 g/mol. The molecule has 0 amide bonds. The van der Waals surface area contributed by atoms with Crippen LogP contribution >= 0.6 is 0 Å². The Bertz CT molecular complexity index is 311. The Hall–Kier alpha value is -0.670. The quantitative estimate of drug-likeness (QED) is 0.620. The van der Waals surface area contributed by atoms with Crippen molar-refractivity contribution in [1.82, 2.24) is 0 Å². The first-order valence-electron chi connectivity index (χ1n) is 6.44. The molecule has 1 unspecified atom stereocenters. The summed E-state index contributed by atoms with van der Waals surface area (Å²) >= 11 is -1.29. The molecule has 2 nitrogen and oxygen atoms in total. The molecular weight excluding hydrogens is 232 g/mol. The van der Waals surface area contributed by atoms with E-state index in [1.807, 2.05) is 30.3 Å². The van der Waals surface area contributed by atoms with Crippen LogP contribution in [0.1, 0.15) is 45.4 Å². The van der Waals surface area contributed by atoms with Crippen LogP contribution in [-0.2, 0) is 15.3 Å². The topological polar surface area (TPSA) is 26.3 Å². The van der Waals surface area contributed by atoms with E-state index >= 15 is 0 Å². The van der Waals surface area contributed by atoms with E-state index in [1.54, 1.807) is 0 Å². The Morgan fingerprint density at radius 1 is 1.00 bits per heavy atom. The van der Waals surface area contributed by atoms with E-state index < -0.39 is 11.1 Å². The second-order valence-electron chi connectivity index (χ2n) is 4.14. The van der Waals surface area contributed by atoms with Crippen LogP contribution in [0.25, 0.3) is 0 Å². The lowest BCUT2D eigenvalue weighted by Gasteiger charge is -2.03. The van der Waals surface area contributed by atoms with Crippen molar-refractivity contribution in [2.75, 3.05) is 6.61 Å². The number of benzene rings is 1. The van der Waals surface area contributed by atoms with E-state index in [2.05, 4.69) is 6.92 Å². The van der Waals surface area contributed by atoms with Crippen LogP contribution in [0, 0.1) is 0 Å². The summed E-state index contributed by atoms with van der Waals surface area (Å²) < 4.78 is 17.0. The van der Waals surface area contributed by atoms with E-state index in [-0.39, 0.29) is 0 Å². The summed E-state index contributed by atoms with van der Waals surface area (Å²) in [5, 5.41) is 0. The molecule has 1 rings (SSSR count). The Morgan fingerprint density at radius 2 is 1.65 bits per heavy atom. The number of rotatable bonds is 9. The molecule has 0 N–H and O–H groups in total. The summed E-state index contributed by atoms with van der Waals surface area (Å²) in [7, 11) is 0. The highest BCUT2D eigenvalue weighted by atomic mass is 32.2. The third-order valence-electron chi connectivity index (χ3n) is 2.62. The van der Waals surface area contributed by atoms with Gasteiger partial charge in [-0.3, -0.25) is 4.18 Å². The van der Waals surface area contributed by atoms with E-state index in [0.29, 0.717) is 6.61 Å². The molecule has 1 atom stereocenters. The van der Waals surface area contributed by atoms with Gasteiger partial charge in [0, 0.05) is 0 Å². The zero-order chi connectivity index (χ0) is 12.3. The Balaban J connectivity index is 2.05. The first-order valence-corrected chi connectivity index (χ1v) is 7.52. The van der Waals surface area contributed by atoms with Gasteiger partial charge >= 0.3 is 0 Å². The van der Waals surface area contributed by atoms with Gasteiger partial charge < -0.3 is 0 Å². The first kappa shape index (κ1) is 14.4. The number of hydrogen-bond donors (Lipinski definition) is 0. The van der Waals surface area contributed by atoms with Crippen molar-refractivity contribution in [3.8, 4) is 0 Å². The fraction of sp³-hybridized carbons (Fsp3) is 0.571. The lowest BCUT2D eigenvalue weighted by molar-refractivity contribution is 0.332. The smallest absolute Gasteiger partial charge is 0.189 e. The molecular formula is C14H22O2S. The first-order chi connectivity index (χ1) is 8.34. The summed E-state index contributed by atoms with van der Waals surface area (Å²) in [5.74, 6) is 0. The minimum atomic E-state index is -1.29. The van der Waals surface area contributed by atoms with Crippen LogP contribution in [-0.4, -0.2) is 10.8 Å². The van der Waals surface area contributed by atoms with Crippen LogP contribution < -0.4 is 0 Å². The van der Waals surface area contributed by atoms with Gasteiger partial charge in [-0.1, -0.05) is 57.2 Å². The zero-order valence-corrected chi connectivity index (χ0v) is 11.4. The summed E-state index contributed by atoms with van der Waals surface area (Å²) in [6.07, 6.45) is 7.33. The van der Waals surface area contributed by atoms with Crippen molar-refractivity contribution >= 4 is 11.1 Å². The summed E-state index contributed by atoms with van der Waals surface area (Å²) in [4.78, 5) is 0.749. The Labute approximate surface area is 107 Å². The van der Waals surface area contributed by atoms with Gasteiger partial charge in [0.1, 0.15) is 0 Å². The lowest BCUT2D eigenvalue weighted by Crippen LogP contribution is -1.99. The standard InChI is InChI=1S/C14H22O2S/c1-2-3-4-5-6-10-13-16-17(15)14-11-8-7-9-12-14/h7-9,11-12H,2-6,10,13H2,1H3. The zero-order valence-electron chi connectivity index (χ0n) is 10.6. The Kier molecular flexibility index (Phi) is 7.93. The number of unbranched alkanes of at least 4 members (excludes halogenated alkanes) is 5. The van der Waals surface area contributed by atoms with Crippen molar-refractivity contribution < 1.29 is 8.39 Å². The van der Waals surface area contributed by atoms with Gasteiger partial charge in [0.05, 0.1) is 11.5 Å². The van der Waals surface area contributed by atoms with E-state index in [1.165, 1.54) is 32.1 Å². The number of hydrogen-bond acceptors (Lipinski definition) is 2. The Morgan fingerprint density at radius 3 is 2.35 bits per heavy atom. The van der Waals surface area contributed by atoms with Crippen LogP contribution in [0.2, 0.25) is 0 Å². The molecule has 1 aromatic rings. The average Bonchev–Trinajstić information content (AvgIpc) is 2.38. The van der Waals surface area contributed by atoms with Crippen LogP contribution in [0.4, 0.5) is 0 Å². The van der Waals surface area contributed by atoms with Crippen molar-refractivity contribution in [3.63, 3.8) is 0 Å². The van der Waals surface area contributed by atoms with Gasteiger partial charge in [0.15, 0.2) is 11.1 Å². The molecule has 0 aliphatic rings. The molecule has 0 heterocycles. The van der Waals surface area contributed by atoms with Gasteiger partial charge in [-0.25, -0.2) is 4.21 Å². The third-order valence-corrected chi connectivity index (χ3v) is 3.66. The highest BCUT2D eigenvalue weighted by Gasteiger charge is 2.02. The van der Waals surface area contributed by atoms with Crippen molar-refractivity contribution in [1.29, 1.82) is 0 Å². The predicted octanol–water partition coefficient (Wildman–Crippen LogP) is 4.09. The van der Waals surface area contributed by atoms with Gasteiger partial charge in [-0.15, -0.1) is 0 Å². The maximum atomic E-state index is 11.7. The lowest BCUT2D eigenvalue weighted by atomic mass is 10.1. The third kappa shape index (κ3) is 6.59. The molecule has 17 heavy (non-hydrogen) atoms. The van der Waals surface area contributed by atoms with Crippen LogP contribution in [0.15, 0.2) is 35.2 Å². The van der Waals surface area contributed by atoms with Gasteiger partial charge in [-0.05, 0) is 18.6 Å². The fourth-order valence-electron chi connectivity index (χ4n) is 1.62. The van der Waals surface area contributed by atoms with Crippen molar-refractivity contribution in [2.24, 2.45) is 0 Å². The summed E-state index contributed by atoms with van der Waals surface area (Å²) in [6, 6.07) is 9.33. The monoisotopic (exact) mass is 254 g/mol. The summed E-state index contributed by atoms with van der Waals surface area (Å²) in [6.45, 7) is 2.81. The second kappa shape index (κ2) is 9.37. The molecule has 3 heteroatoms. The molecule has 0 bridgehead atoms. The van der Waals surface area contributed by atoms with Crippen LogP contribution in [0.3, 0.4) is 0 Å². The molecule has 1 aromatic carbocycles. The normalized spacial score (nSPS) is 12.5. The SMILES string of the molecule is CCCCCCCCOS(=O)c1ccccc1. The second-order valence-corrected chi connectivity index (χ2v) is 5.31. The molecule has 96 valence electrons. The fourth-order valence-corrected chi connectivity index (χ4v) is 2.40. The van der Waals surface area contributed by atoms with Gasteiger partial charge in [0.25, 0.3) is 0 Å². The molecule has 0 saturated carbocycles. The molecule has 0 aliphatic heterocycles. The molecule has 0 fully saturated rings. The van der Waals surface area contributed by atoms with Crippen molar-refractivity contribution in [2.45, 2.75) is 50.3 Å². The van der Waals surface area contributed by atoms with E-state index in [4.69, 9.17) is 4.18 Å². The van der Waals surface area contributed by atoms with E-state index in [0.717, 1.165) is 11.3 Å². The van der Waals surface area contributed by atoms with Gasteiger partial charge in [-0.2, -0.15) is 0 Å². The molecule has 0 radical (unpaired) electrons. The van der Waals surface area contributed by atoms with E-state index in [9.17, 15) is 4.21 Å². The molecule has 0 aromatic heterocycles. The predicted molar refractivity (Wildman–Crippen MR) is 72.2 cm³/mol. The van der Waals surface area contributed by atoms with Crippen molar-refractivity contribution in [3.05, 3.63) is 30.3 Å². The largest absolute Gasteiger partial charge is 0.287 e. The molecule has 0 spiro atoms. The van der Waals surface area contributed by atoms with Gasteiger partial charge in [0.2, 0.25) is 0 Å².